The topological polar surface area (TPSA) is 24.5 Å². The second-order valence-electron chi connectivity index (χ2n) is 5.55. The predicted molar refractivity (Wildman–Crippen MR) is 87.8 cm³/mol. The van der Waals surface area contributed by atoms with Crippen LogP contribution in [0.4, 0.5) is 0 Å². The van der Waals surface area contributed by atoms with Crippen molar-refractivity contribution in [3.05, 3.63) is 29.8 Å². The zero-order valence-electron chi connectivity index (χ0n) is 12.8. The number of nitrogens with zero attached hydrogens (tertiary/aromatic N) is 1. The van der Waals surface area contributed by atoms with E-state index in [-0.39, 0.29) is 0 Å². The average Bonchev–Trinajstić information content (AvgIpc) is 2.48. The van der Waals surface area contributed by atoms with Crippen molar-refractivity contribution >= 4 is 11.8 Å². The molecule has 1 unspecified atom stereocenters. The minimum absolute atomic E-state index is 0.389. The summed E-state index contributed by atoms with van der Waals surface area (Å²) in [7, 11) is 6.01. The number of nitrogens with one attached hydrogen (secondary N) is 1. The van der Waals surface area contributed by atoms with Gasteiger partial charge in [-0.2, -0.15) is 11.8 Å². The molecular formula is C16H26N2OS. The zero-order valence-corrected chi connectivity index (χ0v) is 13.6. The smallest absolute Gasteiger partial charge is 0.119 e. The van der Waals surface area contributed by atoms with Gasteiger partial charge >= 0.3 is 0 Å². The first kappa shape index (κ1) is 15.7. The summed E-state index contributed by atoms with van der Waals surface area (Å²) >= 11 is 2.07. The van der Waals surface area contributed by atoms with Crippen LogP contribution < -0.4 is 10.1 Å². The van der Waals surface area contributed by atoms with Gasteiger partial charge in [-0.15, -0.1) is 0 Å². The maximum atomic E-state index is 5.34. The van der Waals surface area contributed by atoms with Gasteiger partial charge in [-0.1, -0.05) is 12.1 Å². The van der Waals surface area contributed by atoms with Gasteiger partial charge in [0.1, 0.15) is 5.75 Å². The van der Waals surface area contributed by atoms with Crippen LogP contribution in [0.1, 0.15) is 24.4 Å². The Bertz CT molecular complexity index is 405. The molecule has 4 heteroatoms. The minimum atomic E-state index is 0.389. The zero-order chi connectivity index (χ0) is 14.4. The molecule has 0 bridgehead atoms. The molecule has 0 aliphatic carbocycles. The Morgan fingerprint density at radius 2 is 2.10 bits per heavy atom. The third-order valence-corrected chi connectivity index (χ3v) is 4.97. The monoisotopic (exact) mass is 294 g/mol. The molecule has 112 valence electrons. The van der Waals surface area contributed by atoms with Gasteiger partial charge in [-0.3, -0.25) is 0 Å². The summed E-state index contributed by atoms with van der Waals surface area (Å²) in [6.45, 7) is 0.996. The molecule has 0 radical (unpaired) electrons. The lowest BCUT2D eigenvalue weighted by Gasteiger charge is -2.29. The Morgan fingerprint density at radius 3 is 2.75 bits per heavy atom. The molecule has 1 aliphatic rings. The second-order valence-corrected chi connectivity index (χ2v) is 6.78. The Kier molecular flexibility index (Phi) is 6.20. The van der Waals surface area contributed by atoms with Gasteiger partial charge in [-0.05, 0) is 56.1 Å². The summed E-state index contributed by atoms with van der Waals surface area (Å²) in [6.07, 6.45) is 2.59. The number of likely N-dealkylation sites (N-methyl/N-ethyl adjacent to an activating group) is 1. The lowest BCUT2D eigenvalue weighted by Crippen LogP contribution is -2.38. The van der Waals surface area contributed by atoms with Crippen molar-refractivity contribution in [1.82, 2.24) is 10.2 Å². The van der Waals surface area contributed by atoms with Crippen molar-refractivity contribution in [3.63, 3.8) is 0 Å². The Balaban J connectivity index is 1.98. The molecule has 0 aromatic heterocycles. The predicted octanol–water partition coefficient (Wildman–Crippen LogP) is 2.78. The first-order valence-corrected chi connectivity index (χ1v) is 8.47. The van der Waals surface area contributed by atoms with E-state index in [1.54, 1.807) is 7.11 Å². The summed E-state index contributed by atoms with van der Waals surface area (Å²) < 4.78 is 5.34. The van der Waals surface area contributed by atoms with Gasteiger partial charge in [0.15, 0.2) is 0 Å². The number of benzene rings is 1. The van der Waals surface area contributed by atoms with Crippen LogP contribution in [0.5, 0.6) is 5.75 Å². The number of hydrogen-bond acceptors (Lipinski definition) is 4. The molecule has 1 saturated heterocycles. The van der Waals surface area contributed by atoms with E-state index in [9.17, 15) is 0 Å². The molecule has 2 rings (SSSR count). The Labute approximate surface area is 127 Å². The largest absolute Gasteiger partial charge is 0.497 e. The second kappa shape index (κ2) is 7.91. The van der Waals surface area contributed by atoms with Gasteiger partial charge in [-0.25, -0.2) is 0 Å². The Hall–Kier alpha value is -0.710. The van der Waals surface area contributed by atoms with Crippen LogP contribution in [0, 0.1) is 0 Å². The molecule has 1 atom stereocenters. The van der Waals surface area contributed by atoms with Crippen LogP contribution in [0.25, 0.3) is 0 Å². The van der Waals surface area contributed by atoms with Gasteiger partial charge in [0.25, 0.3) is 0 Å². The highest BCUT2D eigenvalue weighted by molar-refractivity contribution is 7.99. The molecule has 1 fully saturated rings. The minimum Gasteiger partial charge on any atom is -0.497 e. The van der Waals surface area contributed by atoms with E-state index >= 15 is 0 Å². The molecule has 1 heterocycles. The van der Waals surface area contributed by atoms with Crippen molar-refractivity contribution in [2.45, 2.75) is 24.9 Å². The molecule has 3 nitrogen and oxygen atoms in total. The van der Waals surface area contributed by atoms with Gasteiger partial charge < -0.3 is 15.0 Å². The molecule has 0 amide bonds. The number of thioether (sulfide) groups is 1. The summed E-state index contributed by atoms with van der Waals surface area (Å²) in [6, 6.07) is 9.47. The van der Waals surface area contributed by atoms with Crippen molar-refractivity contribution in [1.29, 1.82) is 0 Å². The van der Waals surface area contributed by atoms with Crippen molar-refractivity contribution in [2.24, 2.45) is 0 Å². The molecule has 1 aromatic rings. The molecule has 0 spiro atoms. The van der Waals surface area contributed by atoms with Crippen LogP contribution in [0.15, 0.2) is 24.3 Å². The summed E-state index contributed by atoms with van der Waals surface area (Å²) in [5.41, 5.74) is 1.31. The SMILES string of the molecule is COc1cccc(C(CNC2CCSCC2)N(C)C)c1. The number of hydrogen-bond donors (Lipinski definition) is 1. The number of rotatable bonds is 6. The van der Waals surface area contributed by atoms with E-state index in [1.807, 2.05) is 6.07 Å². The number of methoxy groups -OCH3 is 1. The van der Waals surface area contributed by atoms with Crippen LogP contribution in [-0.4, -0.2) is 50.2 Å². The lowest BCUT2D eigenvalue weighted by atomic mass is 10.0. The lowest BCUT2D eigenvalue weighted by molar-refractivity contribution is 0.275. The van der Waals surface area contributed by atoms with Crippen molar-refractivity contribution < 1.29 is 4.74 Å². The normalized spacial score (nSPS) is 18.2. The van der Waals surface area contributed by atoms with Crippen molar-refractivity contribution in [3.8, 4) is 5.75 Å². The highest BCUT2D eigenvalue weighted by atomic mass is 32.2. The fraction of sp³-hybridized carbons (Fsp3) is 0.625. The molecular weight excluding hydrogens is 268 g/mol. The molecule has 0 saturated carbocycles. The fourth-order valence-corrected chi connectivity index (χ4v) is 3.73. The maximum absolute atomic E-state index is 5.34. The third kappa shape index (κ3) is 4.40. The van der Waals surface area contributed by atoms with E-state index in [4.69, 9.17) is 4.74 Å². The van der Waals surface area contributed by atoms with E-state index in [0.717, 1.165) is 12.3 Å². The average molecular weight is 294 g/mol. The summed E-state index contributed by atoms with van der Waals surface area (Å²) in [5.74, 6) is 3.52. The standard InChI is InChI=1S/C16H26N2OS/c1-18(2)16(12-17-14-7-9-20-10-8-14)13-5-4-6-15(11-13)19-3/h4-6,11,14,16-17H,7-10,12H2,1-3H3. The van der Waals surface area contributed by atoms with Crippen LogP contribution in [-0.2, 0) is 0 Å². The van der Waals surface area contributed by atoms with Crippen LogP contribution >= 0.6 is 11.8 Å². The van der Waals surface area contributed by atoms with Crippen molar-refractivity contribution in [2.75, 3.05) is 39.3 Å². The van der Waals surface area contributed by atoms with E-state index in [0.29, 0.717) is 12.1 Å². The first-order valence-electron chi connectivity index (χ1n) is 7.32. The Morgan fingerprint density at radius 1 is 1.35 bits per heavy atom. The van der Waals surface area contributed by atoms with E-state index in [1.165, 1.54) is 29.9 Å². The van der Waals surface area contributed by atoms with Crippen LogP contribution in [0.2, 0.25) is 0 Å². The molecule has 1 aromatic carbocycles. The van der Waals surface area contributed by atoms with E-state index in [2.05, 4.69) is 54.3 Å². The summed E-state index contributed by atoms with van der Waals surface area (Å²) in [5, 5.41) is 3.74. The van der Waals surface area contributed by atoms with Crippen LogP contribution in [0.3, 0.4) is 0 Å². The summed E-state index contributed by atoms with van der Waals surface area (Å²) in [4.78, 5) is 2.28. The maximum Gasteiger partial charge on any atom is 0.119 e. The van der Waals surface area contributed by atoms with Gasteiger partial charge in [0.05, 0.1) is 7.11 Å². The first-order chi connectivity index (χ1) is 9.70. The highest BCUT2D eigenvalue weighted by Gasteiger charge is 2.18. The van der Waals surface area contributed by atoms with Gasteiger partial charge in [0, 0.05) is 18.6 Å². The molecule has 1 aliphatic heterocycles. The highest BCUT2D eigenvalue weighted by Crippen LogP contribution is 2.23. The number of ether oxygens (including phenoxy) is 1. The van der Waals surface area contributed by atoms with Gasteiger partial charge in [0.2, 0.25) is 0 Å². The molecule has 20 heavy (non-hydrogen) atoms. The third-order valence-electron chi connectivity index (χ3n) is 3.92. The fourth-order valence-electron chi connectivity index (χ4n) is 2.63. The van der Waals surface area contributed by atoms with E-state index < -0.39 is 0 Å². The quantitative estimate of drug-likeness (QED) is 0.872. The molecule has 1 N–H and O–H groups in total.